The minimum Gasteiger partial charge on any atom is -0.296 e. The summed E-state index contributed by atoms with van der Waals surface area (Å²) in [5, 5.41) is 4.45. The normalized spacial score (nSPS) is 21.2. The van der Waals surface area contributed by atoms with Gasteiger partial charge in [0.2, 0.25) is 0 Å². The lowest BCUT2D eigenvalue weighted by Crippen LogP contribution is -2.57. The molecule has 0 aromatic carbocycles. The van der Waals surface area contributed by atoms with E-state index in [4.69, 9.17) is 5.84 Å². The number of nitrogens with one attached hydrogen (secondary N) is 1. The summed E-state index contributed by atoms with van der Waals surface area (Å²) in [6, 6.07) is 0.0532. The number of hydrogen-bond donors (Lipinski definition) is 2. The summed E-state index contributed by atoms with van der Waals surface area (Å²) >= 11 is 3.65. The first-order valence-electron chi connectivity index (χ1n) is 8.00. The Morgan fingerprint density at radius 1 is 1.38 bits per heavy atom. The number of aromatic nitrogens is 2. The van der Waals surface area contributed by atoms with E-state index in [-0.39, 0.29) is 11.6 Å². The summed E-state index contributed by atoms with van der Waals surface area (Å²) in [5.41, 5.74) is 4.22. The average molecular weight is 358 g/mol. The van der Waals surface area contributed by atoms with Gasteiger partial charge in [-0.2, -0.15) is 5.10 Å². The van der Waals surface area contributed by atoms with Crippen LogP contribution in [0.15, 0.2) is 10.7 Å². The molecule has 2 atom stereocenters. The number of nitrogens with two attached hydrogens (primary N) is 1. The molecule has 5 nitrogen and oxygen atoms in total. The topological polar surface area (TPSA) is 59.1 Å². The van der Waals surface area contributed by atoms with Crippen LogP contribution < -0.4 is 11.3 Å². The number of likely N-dealkylation sites (tertiary alicyclic amines) is 1. The molecule has 0 bridgehead atoms. The quantitative estimate of drug-likeness (QED) is 0.607. The van der Waals surface area contributed by atoms with E-state index in [1.807, 2.05) is 10.9 Å². The first-order valence-corrected chi connectivity index (χ1v) is 8.80. The third-order valence-corrected chi connectivity index (χ3v) is 5.60. The van der Waals surface area contributed by atoms with Crippen LogP contribution in [0.1, 0.15) is 58.2 Å². The number of halogens is 1. The molecule has 2 rings (SSSR count). The standard InChI is InChI=1S/C15H28BrN5/c1-4-15(3,20-9-7-6-8-10-20)14(19-17)13-12(16)11-18-21(13)5-2/h11,14,19H,4-10,17H2,1-3H3. The highest BCUT2D eigenvalue weighted by Gasteiger charge is 2.41. The second-order valence-electron chi connectivity index (χ2n) is 6.05. The predicted molar refractivity (Wildman–Crippen MR) is 89.8 cm³/mol. The van der Waals surface area contributed by atoms with Crippen molar-refractivity contribution in [2.24, 2.45) is 5.84 Å². The summed E-state index contributed by atoms with van der Waals surface area (Å²) < 4.78 is 3.07. The van der Waals surface area contributed by atoms with Crippen LogP contribution in [0, 0.1) is 0 Å². The largest absolute Gasteiger partial charge is 0.296 e. The third kappa shape index (κ3) is 3.18. The fourth-order valence-electron chi connectivity index (χ4n) is 3.48. The number of hydrogen-bond acceptors (Lipinski definition) is 4. The molecule has 21 heavy (non-hydrogen) atoms. The minimum atomic E-state index is -0.00928. The smallest absolute Gasteiger partial charge is 0.0821 e. The van der Waals surface area contributed by atoms with E-state index in [0.717, 1.165) is 36.2 Å². The average Bonchev–Trinajstić information content (AvgIpc) is 2.89. The highest BCUT2D eigenvalue weighted by molar-refractivity contribution is 9.10. The number of piperidine rings is 1. The van der Waals surface area contributed by atoms with E-state index in [9.17, 15) is 0 Å². The van der Waals surface area contributed by atoms with Gasteiger partial charge in [-0.1, -0.05) is 13.3 Å². The first kappa shape index (κ1) is 16.9. The fourth-order valence-corrected chi connectivity index (χ4v) is 4.00. The molecule has 1 aromatic rings. The van der Waals surface area contributed by atoms with Gasteiger partial charge < -0.3 is 0 Å². The van der Waals surface area contributed by atoms with E-state index < -0.39 is 0 Å². The van der Waals surface area contributed by atoms with Crippen molar-refractivity contribution in [3.05, 3.63) is 16.4 Å². The van der Waals surface area contributed by atoms with Crippen LogP contribution in [0.3, 0.4) is 0 Å². The zero-order valence-corrected chi connectivity index (χ0v) is 15.0. The Morgan fingerprint density at radius 2 is 2.05 bits per heavy atom. The Balaban J connectivity index is 2.38. The predicted octanol–water partition coefficient (Wildman–Crippen LogP) is 2.82. The summed E-state index contributed by atoms with van der Waals surface area (Å²) in [4.78, 5) is 2.60. The Labute approximate surface area is 136 Å². The van der Waals surface area contributed by atoms with E-state index in [0.29, 0.717) is 0 Å². The van der Waals surface area contributed by atoms with Crippen molar-refractivity contribution in [3.63, 3.8) is 0 Å². The van der Waals surface area contributed by atoms with Crippen LogP contribution in [-0.2, 0) is 6.54 Å². The maximum Gasteiger partial charge on any atom is 0.0821 e. The molecule has 6 heteroatoms. The molecule has 2 heterocycles. The van der Waals surface area contributed by atoms with Gasteiger partial charge in [0.25, 0.3) is 0 Å². The van der Waals surface area contributed by atoms with Gasteiger partial charge in [0, 0.05) is 12.1 Å². The lowest BCUT2D eigenvalue weighted by Gasteiger charge is -2.47. The molecular weight excluding hydrogens is 330 g/mol. The second-order valence-corrected chi connectivity index (χ2v) is 6.91. The molecule has 1 saturated heterocycles. The number of rotatable bonds is 6. The van der Waals surface area contributed by atoms with E-state index in [2.05, 4.69) is 52.1 Å². The number of nitrogens with zero attached hydrogens (tertiary/aromatic N) is 3. The van der Waals surface area contributed by atoms with Crippen LogP contribution in [0.2, 0.25) is 0 Å². The van der Waals surface area contributed by atoms with Crippen molar-refractivity contribution in [2.75, 3.05) is 13.1 Å². The molecule has 1 aliphatic rings. The fraction of sp³-hybridized carbons (Fsp3) is 0.800. The van der Waals surface area contributed by atoms with Crippen LogP contribution in [-0.4, -0.2) is 33.3 Å². The van der Waals surface area contributed by atoms with Crippen molar-refractivity contribution < 1.29 is 0 Å². The molecule has 0 spiro atoms. The van der Waals surface area contributed by atoms with Gasteiger partial charge >= 0.3 is 0 Å². The van der Waals surface area contributed by atoms with E-state index in [1.165, 1.54) is 19.3 Å². The van der Waals surface area contributed by atoms with Crippen molar-refractivity contribution in [1.82, 2.24) is 20.1 Å². The maximum atomic E-state index is 5.99. The van der Waals surface area contributed by atoms with Crippen LogP contribution in [0.4, 0.5) is 0 Å². The summed E-state index contributed by atoms with van der Waals surface area (Å²) in [5.74, 6) is 5.99. The molecular formula is C15H28BrN5. The van der Waals surface area contributed by atoms with Gasteiger partial charge in [-0.3, -0.25) is 15.4 Å². The highest BCUT2D eigenvalue weighted by Crippen LogP contribution is 2.38. The molecule has 0 saturated carbocycles. The Hall–Kier alpha value is -0.430. The van der Waals surface area contributed by atoms with Crippen molar-refractivity contribution in [1.29, 1.82) is 0 Å². The Kier molecular flexibility index (Phi) is 5.82. The van der Waals surface area contributed by atoms with Gasteiger partial charge in [0.1, 0.15) is 0 Å². The summed E-state index contributed by atoms with van der Waals surface area (Å²) in [7, 11) is 0. The minimum absolute atomic E-state index is 0.00928. The molecule has 2 unspecified atom stereocenters. The highest BCUT2D eigenvalue weighted by atomic mass is 79.9. The van der Waals surface area contributed by atoms with Gasteiger partial charge in [-0.05, 0) is 62.1 Å². The van der Waals surface area contributed by atoms with Gasteiger partial charge in [0.15, 0.2) is 0 Å². The summed E-state index contributed by atoms with van der Waals surface area (Å²) in [6.45, 7) is 9.84. The van der Waals surface area contributed by atoms with Crippen molar-refractivity contribution in [3.8, 4) is 0 Å². The molecule has 1 fully saturated rings. The summed E-state index contributed by atoms with van der Waals surface area (Å²) in [6.07, 6.45) is 6.81. The third-order valence-electron chi connectivity index (χ3n) is 4.99. The molecule has 1 aromatic heterocycles. The van der Waals surface area contributed by atoms with E-state index in [1.54, 1.807) is 0 Å². The van der Waals surface area contributed by atoms with E-state index >= 15 is 0 Å². The SMILES string of the molecule is CCn1ncc(Br)c1C(NN)C(C)(CC)N1CCCCC1. The van der Waals surface area contributed by atoms with Crippen LogP contribution >= 0.6 is 15.9 Å². The molecule has 0 aliphatic carbocycles. The molecule has 120 valence electrons. The van der Waals surface area contributed by atoms with Crippen LogP contribution in [0.25, 0.3) is 0 Å². The van der Waals surface area contributed by atoms with Crippen molar-refractivity contribution in [2.45, 2.75) is 64.6 Å². The van der Waals surface area contributed by atoms with Crippen LogP contribution in [0.5, 0.6) is 0 Å². The van der Waals surface area contributed by atoms with Gasteiger partial charge in [-0.15, -0.1) is 0 Å². The zero-order chi connectivity index (χ0) is 15.5. The lowest BCUT2D eigenvalue weighted by molar-refractivity contribution is 0.0395. The van der Waals surface area contributed by atoms with Gasteiger partial charge in [-0.25, -0.2) is 5.43 Å². The monoisotopic (exact) mass is 357 g/mol. The molecule has 0 amide bonds. The molecule has 3 N–H and O–H groups in total. The Morgan fingerprint density at radius 3 is 2.57 bits per heavy atom. The molecule has 0 radical (unpaired) electrons. The lowest BCUT2D eigenvalue weighted by atomic mass is 9.84. The maximum absolute atomic E-state index is 5.99. The number of hydrazine groups is 1. The first-order chi connectivity index (χ1) is 10.1. The second kappa shape index (κ2) is 7.22. The molecule has 1 aliphatic heterocycles. The Bertz CT molecular complexity index is 455. The van der Waals surface area contributed by atoms with Gasteiger partial charge in [0.05, 0.1) is 22.4 Å². The van der Waals surface area contributed by atoms with Crippen molar-refractivity contribution >= 4 is 15.9 Å². The number of aryl methyl sites for hydroxylation is 1. The zero-order valence-electron chi connectivity index (χ0n) is 13.4.